The number of nitrogens with zero attached hydrogens (tertiary/aromatic N) is 2. The standard InChI is InChI=1S/C29H31N3O4/c1-7-36-25-11-9-8-10-24(25)32-27(34)23(26(33)30-28(32)35)17-20-16-18(2)31(19(20)3)22-14-12-21(13-15-22)29(4,5)6/h8-17H,7H2,1-6H3,(H,30,33,35)/b23-17+. The van der Waals surface area contributed by atoms with Crippen molar-refractivity contribution in [3.63, 3.8) is 0 Å². The number of carbonyl (C=O) groups excluding carboxylic acids is 3. The molecular weight excluding hydrogens is 454 g/mol. The third kappa shape index (κ3) is 4.56. The van der Waals surface area contributed by atoms with E-state index in [-0.39, 0.29) is 16.7 Å². The van der Waals surface area contributed by atoms with Crippen molar-refractivity contribution in [2.75, 3.05) is 11.5 Å². The fourth-order valence-corrected chi connectivity index (χ4v) is 4.39. The van der Waals surface area contributed by atoms with Gasteiger partial charge in [-0.15, -0.1) is 0 Å². The zero-order valence-corrected chi connectivity index (χ0v) is 21.5. The molecule has 1 aliphatic heterocycles. The molecule has 1 aromatic heterocycles. The number of carbonyl (C=O) groups is 3. The molecule has 3 aromatic rings. The van der Waals surface area contributed by atoms with Gasteiger partial charge >= 0.3 is 6.03 Å². The minimum atomic E-state index is -0.807. The van der Waals surface area contributed by atoms with Crippen molar-refractivity contribution >= 4 is 29.6 Å². The lowest BCUT2D eigenvalue weighted by Crippen LogP contribution is -2.54. The molecule has 4 rings (SSSR count). The number of rotatable bonds is 5. The van der Waals surface area contributed by atoms with Gasteiger partial charge in [-0.3, -0.25) is 14.9 Å². The van der Waals surface area contributed by atoms with Gasteiger partial charge in [0.1, 0.15) is 11.3 Å². The minimum absolute atomic E-state index is 0.0493. The van der Waals surface area contributed by atoms with E-state index < -0.39 is 17.8 Å². The fraction of sp³-hybridized carbons (Fsp3) is 0.276. The molecule has 0 bridgehead atoms. The number of hydrogen-bond donors (Lipinski definition) is 1. The van der Waals surface area contributed by atoms with Crippen LogP contribution in [0.5, 0.6) is 5.75 Å². The third-order valence-electron chi connectivity index (χ3n) is 6.27. The quantitative estimate of drug-likeness (QED) is 0.385. The molecule has 7 nitrogen and oxygen atoms in total. The van der Waals surface area contributed by atoms with Gasteiger partial charge in [-0.1, -0.05) is 45.0 Å². The monoisotopic (exact) mass is 485 g/mol. The van der Waals surface area contributed by atoms with E-state index in [2.05, 4.69) is 54.9 Å². The summed E-state index contributed by atoms with van der Waals surface area (Å²) < 4.78 is 7.68. The number of urea groups is 1. The first kappa shape index (κ1) is 25.0. The van der Waals surface area contributed by atoms with Crippen LogP contribution < -0.4 is 15.0 Å². The second-order valence-electron chi connectivity index (χ2n) is 9.82. The van der Waals surface area contributed by atoms with Crippen LogP contribution in [0.15, 0.2) is 60.2 Å². The third-order valence-corrected chi connectivity index (χ3v) is 6.27. The lowest BCUT2D eigenvalue weighted by Gasteiger charge is -2.27. The summed E-state index contributed by atoms with van der Waals surface area (Å²) in [6.07, 6.45) is 1.54. The van der Waals surface area contributed by atoms with Crippen molar-refractivity contribution < 1.29 is 19.1 Å². The summed E-state index contributed by atoms with van der Waals surface area (Å²) in [6.45, 7) is 12.6. The lowest BCUT2D eigenvalue weighted by molar-refractivity contribution is -0.122. The summed E-state index contributed by atoms with van der Waals surface area (Å²) in [5.74, 6) is -1.04. The van der Waals surface area contributed by atoms with Gasteiger partial charge < -0.3 is 9.30 Å². The minimum Gasteiger partial charge on any atom is -0.492 e. The average molecular weight is 486 g/mol. The molecular formula is C29H31N3O4. The van der Waals surface area contributed by atoms with Crippen molar-refractivity contribution in [3.05, 3.63) is 82.7 Å². The average Bonchev–Trinajstić information content (AvgIpc) is 3.10. The van der Waals surface area contributed by atoms with E-state index in [1.54, 1.807) is 30.3 Å². The number of para-hydroxylation sites is 2. The van der Waals surface area contributed by atoms with E-state index in [1.165, 1.54) is 5.56 Å². The maximum Gasteiger partial charge on any atom is 0.336 e. The van der Waals surface area contributed by atoms with Gasteiger partial charge in [0.25, 0.3) is 11.8 Å². The predicted octanol–water partition coefficient (Wildman–Crippen LogP) is 5.46. The maximum atomic E-state index is 13.4. The summed E-state index contributed by atoms with van der Waals surface area (Å²) in [6, 6.07) is 16.2. The summed E-state index contributed by atoms with van der Waals surface area (Å²) in [5.41, 5.74) is 4.99. The fourth-order valence-electron chi connectivity index (χ4n) is 4.39. The highest BCUT2D eigenvalue weighted by Crippen LogP contribution is 2.32. The molecule has 0 aliphatic carbocycles. The van der Waals surface area contributed by atoms with Gasteiger partial charge in [-0.2, -0.15) is 0 Å². The zero-order valence-electron chi connectivity index (χ0n) is 21.5. The maximum absolute atomic E-state index is 13.4. The van der Waals surface area contributed by atoms with Gasteiger partial charge in [0.05, 0.1) is 12.3 Å². The van der Waals surface area contributed by atoms with Crippen LogP contribution in [-0.2, 0) is 15.0 Å². The van der Waals surface area contributed by atoms with Crippen molar-refractivity contribution in [1.82, 2.24) is 9.88 Å². The molecule has 186 valence electrons. The molecule has 2 heterocycles. The highest BCUT2D eigenvalue weighted by Gasteiger charge is 2.38. The molecule has 0 radical (unpaired) electrons. The highest BCUT2D eigenvalue weighted by atomic mass is 16.5. The summed E-state index contributed by atoms with van der Waals surface area (Å²) in [7, 11) is 0. The Bertz CT molecular complexity index is 1370. The number of amides is 4. The number of anilines is 1. The first-order valence-corrected chi connectivity index (χ1v) is 12.0. The Labute approximate surface area is 211 Å². The molecule has 0 unspecified atom stereocenters. The van der Waals surface area contributed by atoms with Crippen molar-refractivity contribution in [2.24, 2.45) is 0 Å². The molecule has 2 aromatic carbocycles. The second-order valence-corrected chi connectivity index (χ2v) is 9.82. The molecule has 0 spiro atoms. The summed E-state index contributed by atoms with van der Waals surface area (Å²) in [4.78, 5) is 39.8. The molecule has 1 fully saturated rings. The van der Waals surface area contributed by atoms with Crippen LogP contribution >= 0.6 is 0 Å². The summed E-state index contributed by atoms with van der Waals surface area (Å²) in [5, 5.41) is 2.29. The van der Waals surface area contributed by atoms with Gasteiger partial charge in [0, 0.05) is 17.1 Å². The van der Waals surface area contributed by atoms with Crippen molar-refractivity contribution in [2.45, 2.75) is 47.0 Å². The first-order chi connectivity index (χ1) is 17.0. The predicted molar refractivity (Wildman–Crippen MR) is 141 cm³/mol. The Morgan fingerprint density at radius 1 is 0.972 bits per heavy atom. The van der Waals surface area contributed by atoms with Crippen LogP contribution in [0.3, 0.4) is 0 Å². The van der Waals surface area contributed by atoms with E-state index in [0.717, 1.165) is 27.5 Å². The molecule has 1 N–H and O–H groups in total. The Balaban J connectivity index is 1.73. The topological polar surface area (TPSA) is 80.6 Å². The largest absolute Gasteiger partial charge is 0.492 e. The zero-order chi connectivity index (χ0) is 26.2. The van der Waals surface area contributed by atoms with Crippen LogP contribution in [0.4, 0.5) is 10.5 Å². The normalized spacial score (nSPS) is 15.4. The van der Waals surface area contributed by atoms with Crippen LogP contribution in [0.2, 0.25) is 0 Å². The van der Waals surface area contributed by atoms with Gasteiger partial charge in [-0.05, 0) is 73.7 Å². The number of ether oxygens (including phenoxy) is 1. The second kappa shape index (κ2) is 9.49. The number of benzene rings is 2. The highest BCUT2D eigenvalue weighted by molar-refractivity contribution is 6.39. The number of aromatic nitrogens is 1. The number of imide groups is 2. The smallest absolute Gasteiger partial charge is 0.336 e. The molecule has 1 aliphatic rings. The van der Waals surface area contributed by atoms with Crippen LogP contribution in [-0.4, -0.2) is 29.0 Å². The van der Waals surface area contributed by atoms with Crippen LogP contribution in [0.1, 0.15) is 50.2 Å². The first-order valence-electron chi connectivity index (χ1n) is 12.0. The number of nitrogens with one attached hydrogen (secondary N) is 1. The van der Waals surface area contributed by atoms with Crippen LogP contribution in [0, 0.1) is 13.8 Å². The van der Waals surface area contributed by atoms with E-state index in [4.69, 9.17) is 4.74 Å². The van der Waals surface area contributed by atoms with Crippen molar-refractivity contribution in [3.8, 4) is 11.4 Å². The summed E-state index contributed by atoms with van der Waals surface area (Å²) >= 11 is 0. The Morgan fingerprint density at radius 3 is 2.28 bits per heavy atom. The van der Waals surface area contributed by atoms with E-state index in [9.17, 15) is 14.4 Å². The van der Waals surface area contributed by atoms with Gasteiger partial charge in [-0.25, -0.2) is 9.69 Å². The number of barbiturate groups is 1. The van der Waals surface area contributed by atoms with Gasteiger partial charge in [0.2, 0.25) is 0 Å². The van der Waals surface area contributed by atoms with Crippen molar-refractivity contribution in [1.29, 1.82) is 0 Å². The van der Waals surface area contributed by atoms with E-state index >= 15 is 0 Å². The molecule has 1 saturated heterocycles. The van der Waals surface area contributed by atoms with Crippen LogP contribution in [0.25, 0.3) is 11.8 Å². The Hall–Kier alpha value is -4.13. The molecule has 7 heteroatoms. The van der Waals surface area contributed by atoms with E-state index in [0.29, 0.717) is 12.4 Å². The number of aryl methyl sites for hydroxylation is 1. The molecule has 4 amide bonds. The number of hydrogen-bond acceptors (Lipinski definition) is 4. The Kier molecular flexibility index (Phi) is 6.59. The van der Waals surface area contributed by atoms with Gasteiger partial charge in [0.15, 0.2) is 0 Å². The molecule has 0 saturated carbocycles. The Morgan fingerprint density at radius 2 is 1.64 bits per heavy atom. The molecule has 36 heavy (non-hydrogen) atoms. The van der Waals surface area contributed by atoms with E-state index in [1.807, 2.05) is 26.8 Å². The lowest BCUT2D eigenvalue weighted by atomic mass is 9.87. The molecule has 0 atom stereocenters. The SMILES string of the molecule is CCOc1ccccc1N1C(=O)NC(=O)/C(=C\c2cc(C)n(-c3ccc(C(C)(C)C)cc3)c2C)C1=O.